The summed E-state index contributed by atoms with van der Waals surface area (Å²) in [7, 11) is 3.93. The van der Waals surface area contributed by atoms with Crippen molar-refractivity contribution in [1.82, 2.24) is 4.90 Å². The van der Waals surface area contributed by atoms with Crippen LogP contribution < -0.4 is 0 Å². The van der Waals surface area contributed by atoms with Crippen molar-refractivity contribution in [2.45, 2.75) is 33.1 Å². The summed E-state index contributed by atoms with van der Waals surface area (Å²) in [5.74, 6) is 1.18. The van der Waals surface area contributed by atoms with Crippen LogP contribution in [0.2, 0.25) is 0 Å². The molecule has 0 spiro atoms. The monoisotopic (exact) mass is 305 g/mol. The van der Waals surface area contributed by atoms with Gasteiger partial charge in [-0.2, -0.15) is 5.10 Å². The van der Waals surface area contributed by atoms with E-state index in [4.69, 9.17) is 0 Å². The maximum Gasteiger partial charge on any atom is 0.185 e. The number of phenols is 1. The van der Waals surface area contributed by atoms with Crippen LogP contribution in [0.4, 0.5) is 0 Å². The quantitative estimate of drug-likeness (QED) is 0.865. The lowest BCUT2D eigenvalue weighted by molar-refractivity contribution is 0.443. The van der Waals surface area contributed by atoms with Crippen molar-refractivity contribution < 1.29 is 5.11 Å². The van der Waals surface area contributed by atoms with E-state index in [1.807, 2.05) is 38.1 Å². The van der Waals surface area contributed by atoms with E-state index < -0.39 is 0 Å². The Labute approximate surface area is 131 Å². The molecular formula is C16H23N3OS. The van der Waals surface area contributed by atoms with Gasteiger partial charge in [-0.25, -0.2) is 0 Å². The first-order valence-corrected chi connectivity index (χ1v) is 7.98. The van der Waals surface area contributed by atoms with Gasteiger partial charge in [-0.15, -0.1) is 5.10 Å². The molecule has 1 heterocycles. The molecule has 0 aliphatic carbocycles. The van der Waals surface area contributed by atoms with Crippen LogP contribution in [0.5, 0.6) is 5.75 Å². The summed E-state index contributed by atoms with van der Waals surface area (Å²) in [6.07, 6.45) is 0. The van der Waals surface area contributed by atoms with Gasteiger partial charge in [0.1, 0.15) is 5.75 Å². The van der Waals surface area contributed by atoms with Gasteiger partial charge in [0, 0.05) is 25.4 Å². The number of hydrogen-bond acceptors (Lipinski definition) is 5. The standard InChI is InChI=1S/C16H23N3OS/c1-10-7-11(8-12(14(10)20)16(2,3)4)13-9-21-15(18-17-13)19(5)6/h7-8,20H,9H2,1-6H3. The predicted octanol–water partition coefficient (Wildman–Crippen LogP) is 3.37. The molecule has 1 N–H and O–H groups in total. The van der Waals surface area contributed by atoms with E-state index in [2.05, 4.69) is 31.0 Å². The van der Waals surface area contributed by atoms with Crippen LogP contribution in [0.25, 0.3) is 0 Å². The molecule has 0 bridgehead atoms. The molecule has 114 valence electrons. The fourth-order valence-electron chi connectivity index (χ4n) is 2.17. The van der Waals surface area contributed by atoms with Crippen molar-refractivity contribution in [3.63, 3.8) is 0 Å². The first kappa shape index (κ1) is 15.9. The number of aryl methyl sites for hydroxylation is 1. The Morgan fingerprint density at radius 3 is 2.33 bits per heavy atom. The summed E-state index contributed by atoms with van der Waals surface area (Å²) < 4.78 is 0. The summed E-state index contributed by atoms with van der Waals surface area (Å²) in [6.45, 7) is 8.24. The zero-order valence-electron chi connectivity index (χ0n) is 13.6. The third kappa shape index (κ3) is 3.40. The molecule has 5 heteroatoms. The zero-order valence-corrected chi connectivity index (χ0v) is 14.4. The Kier molecular flexibility index (Phi) is 4.33. The summed E-state index contributed by atoms with van der Waals surface area (Å²) in [4.78, 5) is 1.97. The van der Waals surface area contributed by atoms with Gasteiger partial charge in [-0.3, -0.25) is 0 Å². The molecule has 0 saturated carbocycles. The minimum absolute atomic E-state index is 0.106. The fraction of sp³-hybridized carbons (Fsp3) is 0.500. The van der Waals surface area contributed by atoms with Gasteiger partial charge < -0.3 is 10.0 Å². The third-order valence-electron chi connectivity index (χ3n) is 3.42. The molecule has 0 fully saturated rings. The van der Waals surface area contributed by atoms with Crippen molar-refractivity contribution in [1.29, 1.82) is 0 Å². The van der Waals surface area contributed by atoms with Crippen LogP contribution in [0.15, 0.2) is 22.3 Å². The third-order valence-corrected chi connectivity index (χ3v) is 4.54. The predicted molar refractivity (Wildman–Crippen MR) is 91.7 cm³/mol. The fourth-order valence-corrected chi connectivity index (χ4v) is 3.02. The molecule has 4 nitrogen and oxygen atoms in total. The largest absolute Gasteiger partial charge is 0.507 e. The van der Waals surface area contributed by atoms with Crippen molar-refractivity contribution in [3.8, 4) is 5.75 Å². The highest BCUT2D eigenvalue weighted by Gasteiger charge is 2.22. The van der Waals surface area contributed by atoms with Gasteiger partial charge in [-0.05, 0) is 35.6 Å². The molecule has 0 aromatic heterocycles. The summed E-state index contributed by atoms with van der Waals surface area (Å²) >= 11 is 1.68. The average Bonchev–Trinajstić information content (AvgIpc) is 2.40. The number of phenolic OH excluding ortho intramolecular Hbond substituents is 1. The second-order valence-electron chi connectivity index (χ2n) is 6.55. The normalized spacial score (nSPS) is 15.5. The summed E-state index contributed by atoms with van der Waals surface area (Å²) in [5, 5.41) is 19.8. The lowest BCUT2D eigenvalue weighted by Gasteiger charge is -2.23. The zero-order chi connectivity index (χ0) is 15.8. The number of benzene rings is 1. The Morgan fingerprint density at radius 2 is 1.86 bits per heavy atom. The first-order valence-electron chi connectivity index (χ1n) is 6.99. The Morgan fingerprint density at radius 1 is 1.19 bits per heavy atom. The molecule has 0 atom stereocenters. The molecule has 1 aromatic carbocycles. The van der Waals surface area contributed by atoms with E-state index in [1.165, 1.54) is 0 Å². The summed E-state index contributed by atoms with van der Waals surface area (Å²) in [5.41, 5.74) is 3.73. The molecular weight excluding hydrogens is 282 g/mol. The molecule has 2 rings (SSSR count). The summed E-state index contributed by atoms with van der Waals surface area (Å²) in [6, 6.07) is 4.03. The molecule has 1 aliphatic heterocycles. The van der Waals surface area contributed by atoms with E-state index in [0.29, 0.717) is 5.75 Å². The number of hydrogen-bond donors (Lipinski definition) is 1. The lowest BCUT2D eigenvalue weighted by Crippen LogP contribution is -2.23. The van der Waals surface area contributed by atoms with Gasteiger partial charge in [0.15, 0.2) is 5.17 Å². The topological polar surface area (TPSA) is 48.2 Å². The van der Waals surface area contributed by atoms with E-state index >= 15 is 0 Å². The number of amidine groups is 1. The second kappa shape index (κ2) is 5.72. The molecule has 1 aromatic rings. The van der Waals surface area contributed by atoms with Crippen LogP contribution >= 0.6 is 11.8 Å². The maximum absolute atomic E-state index is 10.3. The number of nitrogens with zero attached hydrogens (tertiary/aromatic N) is 3. The van der Waals surface area contributed by atoms with Gasteiger partial charge in [0.05, 0.1) is 5.71 Å². The van der Waals surface area contributed by atoms with E-state index in [0.717, 1.165) is 33.3 Å². The smallest absolute Gasteiger partial charge is 0.185 e. The van der Waals surface area contributed by atoms with Crippen molar-refractivity contribution >= 4 is 22.6 Å². The molecule has 0 radical (unpaired) electrons. The lowest BCUT2D eigenvalue weighted by atomic mass is 9.83. The highest BCUT2D eigenvalue weighted by Crippen LogP contribution is 2.34. The van der Waals surface area contributed by atoms with E-state index in [-0.39, 0.29) is 5.41 Å². The average molecular weight is 305 g/mol. The van der Waals surface area contributed by atoms with Gasteiger partial charge in [0.2, 0.25) is 0 Å². The highest BCUT2D eigenvalue weighted by atomic mass is 32.2. The van der Waals surface area contributed by atoms with Crippen molar-refractivity contribution in [3.05, 3.63) is 28.8 Å². The number of aromatic hydroxyl groups is 1. The highest BCUT2D eigenvalue weighted by molar-refractivity contribution is 8.14. The SMILES string of the molecule is Cc1cc(C2=NN=C(N(C)C)SC2)cc(C(C)(C)C)c1O. The molecule has 21 heavy (non-hydrogen) atoms. The number of rotatable bonds is 1. The van der Waals surface area contributed by atoms with Gasteiger partial charge in [-0.1, -0.05) is 32.5 Å². The van der Waals surface area contributed by atoms with Crippen LogP contribution in [-0.2, 0) is 5.41 Å². The maximum atomic E-state index is 10.3. The second-order valence-corrected chi connectivity index (χ2v) is 7.49. The minimum atomic E-state index is -0.106. The number of thioether (sulfide) groups is 1. The first-order chi connectivity index (χ1) is 9.70. The van der Waals surface area contributed by atoms with E-state index in [1.54, 1.807) is 11.8 Å². The molecule has 0 saturated heterocycles. The van der Waals surface area contributed by atoms with Crippen molar-refractivity contribution in [2.24, 2.45) is 10.2 Å². The Balaban J connectivity index is 2.45. The van der Waals surface area contributed by atoms with Gasteiger partial charge in [0.25, 0.3) is 0 Å². The van der Waals surface area contributed by atoms with E-state index in [9.17, 15) is 5.11 Å². The molecule has 0 amide bonds. The van der Waals surface area contributed by atoms with Gasteiger partial charge >= 0.3 is 0 Å². The Bertz CT molecular complexity index is 613. The molecule has 1 aliphatic rings. The molecule has 0 unspecified atom stereocenters. The van der Waals surface area contributed by atoms with Crippen LogP contribution in [0, 0.1) is 6.92 Å². The van der Waals surface area contributed by atoms with Crippen LogP contribution in [0.3, 0.4) is 0 Å². The van der Waals surface area contributed by atoms with Crippen molar-refractivity contribution in [2.75, 3.05) is 19.8 Å². The van der Waals surface area contributed by atoms with Crippen LogP contribution in [0.1, 0.15) is 37.5 Å². The minimum Gasteiger partial charge on any atom is -0.507 e. The Hall–Kier alpha value is -1.49. The van der Waals surface area contributed by atoms with Crippen LogP contribution in [-0.4, -0.2) is 40.7 Å².